The molecule has 0 saturated carbocycles. The summed E-state index contributed by atoms with van der Waals surface area (Å²) < 4.78 is 6.93. The molecule has 8 heteroatoms. The van der Waals surface area contributed by atoms with Gasteiger partial charge in [0.15, 0.2) is 0 Å². The van der Waals surface area contributed by atoms with E-state index < -0.39 is 35.1 Å². The molecule has 2 fully saturated rings. The lowest BCUT2D eigenvalue weighted by atomic mass is 9.73. The Kier molecular flexibility index (Phi) is 6.31. The second-order valence-corrected chi connectivity index (χ2v) is 10.9. The summed E-state index contributed by atoms with van der Waals surface area (Å²) >= 11 is 0. The first-order valence-electron chi connectivity index (χ1n) is 13.3. The number of amides is 3. The fourth-order valence-electron chi connectivity index (χ4n) is 6.85. The van der Waals surface area contributed by atoms with Crippen LogP contribution < -0.4 is 4.90 Å². The summed E-state index contributed by atoms with van der Waals surface area (Å²) in [4.78, 5) is 47.5. The van der Waals surface area contributed by atoms with Crippen molar-refractivity contribution >= 4 is 23.4 Å². The molecule has 0 bridgehead atoms. The van der Waals surface area contributed by atoms with Crippen LogP contribution in [0.1, 0.15) is 37.8 Å². The third-order valence-electron chi connectivity index (χ3n) is 8.81. The summed E-state index contributed by atoms with van der Waals surface area (Å²) in [6.45, 7) is 8.27. The standard InChI is InChI=1S/C29H37N3O5/c1-6-20(17-33)32-24-27(36)31(21-16-18(3)10-11-19(21)4)15-9-13-29(24)23(26(32)35)22-25(34)30(5)14-8-12-28(22,7-2)37-29/h8-13,16,20,22-24,33H,6-7,14-15,17H2,1-5H3/t20-,22-,23-,24?,28+,29-/m0/s1. The third kappa shape index (κ3) is 3.52. The van der Waals surface area contributed by atoms with E-state index in [0.717, 1.165) is 16.8 Å². The zero-order chi connectivity index (χ0) is 26.7. The zero-order valence-corrected chi connectivity index (χ0v) is 22.3. The van der Waals surface area contributed by atoms with Gasteiger partial charge in [-0.3, -0.25) is 14.4 Å². The van der Waals surface area contributed by atoms with Crippen LogP contribution in [0.3, 0.4) is 0 Å². The predicted molar refractivity (Wildman–Crippen MR) is 140 cm³/mol. The second-order valence-electron chi connectivity index (χ2n) is 10.9. The van der Waals surface area contributed by atoms with E-state index in [4.69, 9.17) is 4.74 Å². The molecule has 1 N–H and O–H groups in total. The maximum Gasteiger partial charge on any atom is 0.253 e. The number of carbonyl (C=O) groups is 3. The van der Waals surface area contributed by atoms with E-state index in [2.05, 4.69) is 0 Å². The topological polar surface area (TPSA) is 90.4 Å². The summed E-state index contributed by atoms with van der Waals surface area (Å²) in [6, 6.07) is 4.41. The molecule has 1 spiro atoms. The van der Waals surface area contributed by atoms with Crippen LogP contribution in [0.5, 0.6) is 0 Å². The number of aryl methyl sites for hydroxylation is 2. The minimum Gasteiger partial charge on any atom is -0.394 e. The number of hydrogen-bond donors (Lipinski definition) is 1. The van der Waals surface area contributed by atoms with Crippen LogP contribution in [0, 0.1) is 25.7 Å². The van der Waals surface area contributed by atoms with Crippen molar-refractivity contribution in [3.8, 4) is 0 Å². The number of anilines is 1. The van der Waals surface area contributed by atoms with Gasteiger partial charge in [0.05, 0.1) is 30.1 Å². The van der Waals surface area contributed by atoms with E-state index in [9.17, 15) is 19.5 Å². The molecule has 3 amide bonds. The Morgan fingerprint density at radius 2 is 1.76 bits per heavy atom. The van der Waals surface area contributed by atoms with Crippen molar-refractivity contribution in [3.63, 3.8) is 0 Å². The number of nitrogens with zero attached hydrogens (tertiary/aromatic N) is 3. The first-order valence-corrected chi connectivity index (χ1v) is 13.3. The Morgan fingerprint density at radius 1 is 1.03 bits per heavy atom. The number of hydrogen-bond acceptors (Lipinski definition) is 5. The highest BCUT2D eigenvalue weighted by molar-refractivity contribution is 6.06. The van der Waals surface area contributed by atoms with Crippen molar-refractivity contribution < 1.29 is 24.2 Å². The molecule has 2 saturated heterocycles. The van der Waals surface area contributed by atoms with E-state index in [1.165, 1.54) is 4.90 Å². The first-order chi connectivity index (χ1) is 17.7. The maximum atomic E-state index is 14.5. The molecule has 4 aliphatic rings. The Morgan fingerprint density at radius 3 is 2.43 bits per heavy atom. The molecule has 0 aromatic heterocycles. The van der Waals surface area contributed by atoms with E-state index in [1.54, 1.807) is 16.8 Å². The lowest BCUT2D eigenvalue weighted by Crippen LogP contribution is -2.59. The van der Waals surface area contributed by atoms with E-state index in [-0.39, 0.29) is 24.3 Å². The summed E-state index contributed by atoms with van der Waals surface area (Å²) in [5, 5.41) is 10.3. The van der Waals surface area contributed by atoms with Gasteiger partial charge >= 0.3 is 0 Å². The third-order valence-corrected chi connectivity index (χ3v) is 8.81. The summed E-state index contributed by atoms with van der Waals surface area (Å²) in [7, 11) is 1.73. The minimum atomic E-state index is -1.32. The molecule has 5 rings (SSSR count). The highest BCUT2D eigenvalue weighted by Crippen LogP contribution is 2.59. The SMILES string of the molecule is CC[C@@H](CO)N1C(=O)[C@@H]2[C@H]3C(=O)N(C)CC=C[C@@]3(CC)O[C@@]23C=CCN(c2cc(C)ccc2C)C(=O)C13. The average Bonchev–Trinajstić information content (AvgIpc) is 3.18. The molecule has 0 aliphatic carbocycles. The lowest BCUT2D eigenvalue weighted by Gasteiger charge is -2.40. The summed E-state index contributed by atoms with van der Waals surface area (Å²) in [5.41, 5.74) is 0.451. The lowest BCUT2D eigenvalue weighted by molar-refractivity contribution is -0.152. The number of aliphatic hydroxyl groups excluding tert-OH is 1. The number of benzene rings is 1. The van der Waals surface area contributed by atoms with Crippen molar-refractivity contribution in [3.05, 3.63) is 53.6 Å². The van der Waals surface area contributed by atoms with Gasteiger partial charge in [0, 0.05) is 25.8 Å². The largest absolute Gasteiger partial charge is 0.394 e. The molecule has 1 aromatic carbocycles. The highest BCUT2D eigenvalue weighted by Gasteiger charge is 2.75. The van der Waals surface area contributed by atoms with Gasteiger partial charge in [-0.1, -0.05) is 50.3 Å². The Balaban J connectivity index is 1.72. The van der Waals surface area contributed by atoms with Crippen molar-refractivity contribution in [1.82, 2.24) is 9.80 Å². The molecular formula is C29H37N3O5. The van der Waals surface area contributed by atoms with Gasteiger partial charge in [0.2, 0.25) is 11.8 Å². The number of rotatable bonds is 5. The maximum absolute atomic E-state index is 14.5. The number of likely N-dealkylation sites (tertiary alicyclic amines) is 1. The molecule has 0 radical (unpaired) electrons. The number of aliphatic hydroxyl groups is 1. The second kappa shape index (κ2) is 9.10. The average molecular weight is 508 g/mol. The molecule has 4 heterocycles. The molecule has 6 atom stereocenters. The van der Waals surface area contributed by atoms with Crippen LogP contribution >= 0.6 is 0 Å². The van der Waals surface area contributed by atoms with Crippen molar-refractivity contribution in [2.45, 2.75) is 63.8 Å². The van der Waals surface area contributed by atoms with Gasteiger partial charge in [-0.2, -0.15) is 0 Å². The number of fused-ring (bicyclic) bond motifs is 2. The predicted octanol–water partition coefficient (Wildman–Crippen LogP) is 2.37. The van der Waals surface area contributed by atoms with E-state index in [1.807, 2.05) is 70.2 Å². The monoisotopic (exact) mass is 507 g/mol. The molecule has 4 aliphatic heterocycles. The normalized spacial score (nSPS) is 33.8. The summed E-state index contributed by atoms with van der Waals surface area (Å²) in [5.74, 6) is -2.34. The van der Waals surface area contributed by atoms with Gasteiger partial charge in [0.25, 0.3) is 5.91 Å². The fraction of sp³-hybridized carbons (Fsp3) is 0.552. The van der Waals surface area contributed by atoms with Gasteiger partial charge < -0.3 is 24.5 Å². The molecule has 37 heavy (non-hydrogen) atoms. The number of likely N-dealkylation sites (N-methyl/N-ethyl adjacent to an activating group) is 1. The number of ether oxygens (including phenoxy) is 1. The van der Waals surface area contributed by atoms with Gasteiger partial charge in [0.1, 0.15) is 11.6 Å². The van der Waals surface area contributed by atoms with Crippen LogP contribution in [-0.4, -0.2) is 82.7 Å². The van der Waals surface area contributed by atoms with Crippen LogP contribution in [0.2, 0.25) is 0 Å². The molecular weight excluding hydrogens is 470 g/mol. The Labute approximate surface area is 218 Å². The number of carbonyl (C=O) groups excluding carboxylic acids is 3. The summed E-state index contributed by atoms with van der Waals surface area (Å²) in [6.07, 6.45) is 8.57. The van der Waals surface area contributed by atoms with E-state index in [0.29, 0.717) is 25.9 Å². The van der Waals surface area contributed by atoms with Gasteiger partial charge in [-0.15, -0.1) is 0 Å². The minimum absolute atomic E-state index is 0.156. The quantitative estimate of drug-likeness (QED) is 0.618. The van der Waals surface area contributed by atoms with Crippen molar-refractivity contribution in [1.29, 1.82) is 0 Å². The van der Waals surface area contributed by atoms with Gasteiger partial charge in [-0.25, -0.2) is 0 Å². The van der Waals surface area contributed by atoms with Crippen LogP contribution in [0.25, 0.3) is 0 Å². The molecule has 1 unspecified atom stereocenters. The smallest absolute Gasteiger partial charge is 0.253 e. The van der Waals surface area contributed by atoms with Crippen LogP contribution in [0.15, 0.2) is 42.5 Å². The zero-order valence-electron chi connectivity index (χ0n) is 22.3. The molecule has 1 aromatic rings. The van der Waals surface area contributed by atoms with Crippen molar-refractivity contribution in [2.75, 3.05) is 31.6 Å². The highest BCUT2D eigenvalue weighted by atomic mass is 16.5. The fourth-order valence-corrected chi connectivity index (χ4v) is 6.85. The van der Waals surface area contributed by atoms with Gasteiger partial charge in [-0.05, 0) is 43.9 Å². The van der Waals surface area contributed by atoms with Crippen LogP contribution in [-0.2, 0) is 19.1 Å². The van der Waals surface area contributed by atoms with Crippen LogP contribution in [0.4, 0.5) is 5.69 Å². The van der Waals surface area contributed by atoms with E-state index >= 15 is 0 Å². The molecule has 8 nitrogen and oxygen atoms in total. The first kappa shape index (κ1) is 25.7. The molecule has 198 valence electrons. The van der Waals surface area contributed by atoms with Crippen molar-refractivity contribution in [2.24, 2.45) is 11.8 Å². The Hall–Kier alpha value is -2.97. The Bertz CT molecular complexity index is 1190.